The zero-order chi connectivity index (χ0) is 18.8. The highest BCUT2D eigenvalue weighted by atomic mass is 16.4. The van der Waals surface area contributed by atoms with Gasteiger partial charge in [0, 0.05) is 38.1 Å². The number of hydrogen-bond acceptors (Lipinski definition) is 5. The molecule has 1 saturated heterocycles. The fraction of sp³-hybridized carbons (Fsp3) is 0.526. The van der Waals surface area contributed by atoms with E-state index in [9.17, 15) is 19.5 Å². The Morgan fingerprint density at radius 3 is 2.12 bits per heavy atom. The summed E-state index contributed by atoms with van der Waals surface area (Å²) in [5.74, 6) is -2.60. The normalized spacial score (nSPS) is 23.9. The van der Waals surface area contributed by atoms with E-state index in [1.807, 2.05) is 13.8 Å². The van der Waals surface area contributed by atoms with Crippen molar-refractivity contribution in [3.63, 3.8) is 0 Å². The number of piperazine rings is 1. The van der Waals surface area contributed by atoms with Crippen molar-refractivity contribution >= 4 is 17.8 Å². The Kier molecular flexibility index (Phi) is 5.15. The van der Waals surface area contributed by atoms with Crippen LogP contribution in [0.4, 0.5) is 0 Å². The molecule has 0 radical (unpaired) electrons. The first-order valence-corrected chi connectivity index (χ1v) is 8.86. The zero-order valence-electron chi connectivity index (χ0n) is 15.1. The lowest BCUT2D eigenvalue weighted by atomic mass is 9.76. The Hall–Kier alpha value is -2.57. The number of aliphatic carboxylic acids is 1. The molecule has 1 aromatic rings. The molecule has 1 aliphatic heterocycles. The topological polar surface area (TPSA) is 93.9 Å². The van der Waals surface area contributed by atoms with Gasteiger partial charge in [0.1, 0.15) is 0 Å². The van der Waals surface area contributed by atoms with Crippen LogP contribution in [0.15, 0.2) is 34.0 Å². The monoisotopic (exact) mass is 359 g/mol. The van der Waals surface area contributed by atoms with Crippen LogP contribution in [-0.2, 0) is 9.59 Å². The van der Waals surface area contributed by atoms with E-state index in [2.05, 4.69) is 0 Å². The van der Waals surface area contributed by atoms with Crippen LogP contribution in [0.5, 0.6) is 0 Å². The van der Waals surface area contributed by atoms with Crippen molar-refractivity contribution in [2.45, 2.75) is 26.7 Å². The van der Waals surface area contributed by atoms with Crippen molar-refractivity contribution in [1.82, 2.24) is 9.80 Å². The summed E-state index contributed by atoms with van der Waals surface area (Å²) in [7, 11) is 0. The molecule has 0 saturated carbocycles. The van der Waals surface area contributed by atoms with E-state index in [-0.39, 0.29) is 17.6 Å². The molecule has 1 aromatic heterocycles. The second-order valence-corrected chi connectivity index (χ2v) is 7.10. The standard InChI is InChI=1S/C19H24N2O5/c1-12-10-14(15(19(24)25)11-13(12)2)17(22)20-5-7-21(8-6-20)18(23)16-4-3-9-26-16/h3-4,9,14-15H,5-8,10-11H2,1-2H3,(H,24,25)/p-1/t14-,15+/m1/s1. The van der Waals surface area contributed by atoms with Gasteiger partial charge in [0.05, 0.1) is 12.2 Å². The third kappa shape index (κ3) is 3.52. The van der Waals surface area contributed by atoms with E-state index < -0.39 is 17.8 Å². The molecule has 0 spiro atoms. The van der Waals surface area contributed by atoms with Crippen LogP contribution in [0.25, 0.3) is 0 Å². The van der Waals surface area contributed by atoms with Gasteiger partial charge < -0.3 is 24.1 Å². The van der Waals surface area contributed by atoms with Crippen LogP contribution in [-0.4, -0.2) is 53.8 Å². The molecule has 2 atom stereocenters. The predicted octanol–water partition coefficient (Wildman–Crippen LogP) is 0.677. The number of nitrogens with zero attached hydrogens (tertiary/aromatic N) is 2. The number of carboxylic acids is 1. The zero-order valence-corrected chi connectivity index (χ0v) is 15.1. The first-order chi connectivity index (χ1) is 12.4. The van der Waals surface area contributed by atoms with Gasteiger partial charge in [0.25, 0.3) is 5.91 Å². The second kappa shape index (κ2) is 7.35. The van der Waals surface area contributed by atoms with Crippen LogP contribution in [0.2, 0.25) is 0 Å². The van der Waals surface area contributed by atoms with Crippen molar-refractivity contribution in [3.05, 3.63) is 35.3 Å². The van der Waals surface area contributed by atoms with E-state index in [1.54, 1.807) is 21.9 Å². The van der Waals surface area contributed by atoms with Gasteiger partial charge in [-0.3, -0.25) is 9.59 Å². The van der Waals surface area contributed by atoms with Gasteiger partial charge in [-0.25, -0.2) is 0 Å². The van der Waals surface area contributed by atoms with Gasteiger partial charge in [0.15, 0.2) is 5.76 Å². The summed E-state index contributed by atoms with van der Waals surface area (Å²) in [5.41, 5.74) is 2.10. The highest BCUT2D eigenvalue weighted by molar-refractivity contribution is 5.91. The fourth-order valence-electron chi connectivity index (χ4n) is 3.72. The van der Waals surface area contributed by atoms with Gasteiger partial charge in [-0.2, -0.15) is 0 Å². The van der Waals surface area contributed by atoms with Crippen LogP contribution >= 0.6 is 0 Å². The van der Waals surface area contributed by atoms with Gasteiger partial charge in [-0.05, 0) is 38.8 Å². The molecule has 26 heavy (non-hydrogen) atoms. The van der Waals surface area contributed by atoms with Crippen LogP contribution in [0.3, 0.4) is 0 Å². The summed E-state index contributed by atoms with van der Waals surface area (Å²) in [4.78, 5) is 40.0. The van der Waals surface area contributed by atoms with Crippen molar-refractivity contribution in [1.29, 1.82) is 0 Å². The predicted molar refractivity (Wildman–Crippen MR) is 90.8 cm³/mol. The van der Waals surface area contributed by atoms with Gasteiger partial charge in [0.2, 0.25) is 5.91 Å². The summed E-state index contributed by atoms with van der Waals surface area (Å²) in [5, 5.41) is 11.5. The first kappa shape index (κ1) is 18.2. The quantitative estimate of drug-likeness (QED) is 0.740. The summed E-state index contributed by atoms with van der Waals surface area (Å²) in [6.45, 7) is 5.45. The van der Waals surface area contributed by atoms with Gasteiger partial charge in [-0.1, -0.05) is 11.1 Å². The fourth-order valence-corrected chi connectivity index (χ4v) is 3.72. The summed E-state index contributed by atoms with van der Waals surface area (Å²) in [6.07, 6.45) is 2.27. The minimum absolute atomic E-state index is 0.156. The number of rotatable bonds is 3. The molecule has 7 heteroatoms. The molecule has 0 unspecified atom stereocenters. The Bertz CT molecular complexity index is 729. The number of furan rings is 1. The third-order valence-electron chi connectivity index (χ3n) is 5.50. The highest BCUT2D eigenvalue weighted by Gasteiger charge is 2.37. The summed E-state index contributed by atoms with van der Waals surface area (Å²) >= 11 is 0. The van der Waals surface area contributed by atoms with E-state index in [0.717, 1.165) is 11.1 Å². The maximum absolute atomic E-state index is 12.9. The van der Waals surface area contributed by atoms with Crippen molar-refractivity contribution in [2.24, 2.45) is 11.8 Å². The molecule has 140 valence electrons. The van der Waals surface area contributed by atoms with E-state index >= 15 is 0 Å². The summed E-state index contributed by atoms with van der Waals surface area (Å²) < 4.78 is 5.13. The molecule has 0 bridgehead atoms. The number of carboxylic acid groups (broad SMARTS) is 1. The number of hydrogen-bond donors (Lipinski definition) is 0. The lowest BCUT2D eigenvalue weighted by Gasteiger charge is -2.39. The lowest BCUT2D eigenvalue weighted by Crippen LogP contribution is -2.54. The molecule has 2 heterocycles. The maximum atomic E-state index is 12.9. The Labute approximate surface area is 152 Å². The SMILES string of the molecule is CC1=C(C)C[C@@H](C(=O)N2CCN(C(=O)c3ccco3)CC2)[C@@H](C(=O)[O-])C1. The second-order valence-electron chi connectivity index (χ2n) is 7.10. The smallest absolute Gasteiger partial charge is 0.289 e. The van der Waals surface area contributed by atoms with Gasteiger partial charge >= 0.3 is 0 Å². The molecule has 0 N–H and O–H groups in total. The summed E-state index contributed by atoms with van der Waals surface area (Å²) in [6, 6.07) is 3.28. The molecule has 1 aliphatic carbocycles. The number of carbonyl (C=O) groups excluding carboxylic acids is 3. The average molecular weight is 359 g/mol. The minimum atomic E-state index is -1.16. The third-order valence-corrected chi connectivity index (χ3v) is 5.50. The minimum Gasteiger partial charge on any atom is -0.550 e. The molecule has 1 fully saturated rings. The number of carbonyl (C=O) groups is 3. The Morgan fingerprint density at radius 2 is 1.58 bits per heavy atom. The van der Waals surface area contributed by atoms with E-state index in [4.69, 9.17) is 4.42 Å². The molecule has 2 amide bonds. The first-order valence-electron chi connectivity index (χ1n) is 8.86. The molecular formula is C19H23N2O5-. The van der Waals surface area contributed by atoms with Crippen molar-refractivity contribution in [2.75, 3.05) is 26.2 Å². The van der Waals surface area contributed by atoms with Crippen molar-refractivity contribution in [3.8, 4) is 0 Å². The highest BCUT2D eigenvalue weighted by Crippen LogP contribution is 2.35. The van der Waals surface area contributed by atoms with Crippen LogP contribution < -0.4 is 5.11 Å². The van der Waals surface area contributed by atoms with Gasteiger partial charge in [-0.15, -0.1) is 0 Å². The number of amides is 2. The molecule has 2 aliphatic rings. The van der Waals surface area contributed by atoms with E-state index in [0.29, 0.717) is 39.0 Å². The lowest BCUT2D eigenvalue weighted by molar-refractivity contribution is -0.313. The van der Waals surface area contributed by atoms with Crippen LogP contribution in [0, 0.1) is 11.8 Å². The Balaban J connectivity index is 1.64. The molecular weight excluding hydrogens is 336 g/mol. The molecule has 3 rings (SSSR count). The number of allylic oxidation sites excluding steroid dienone is 2. The molecule has 0 aromatic carbocycles. The average Bonchev–Trinajstić information content (AvgIpc) is 3.17. The largest absolute Gasteiger partial charge is 0.550 e. The van der Waals surface area contributed by atoms with E-state index in [1.165, 1.54) is 6.26 Å². The Morgan fingerprint density at radius 1 is 1.00 bits per heavy atom. The van der Waals surface area contributed by atoms with Crippen LogP contribution in [0.1, 0.15) is 37.2 Å². The maximum Gasteiger partial charge on any atom is 0.289 e. The van der Waals surface area contributed by atoms with Crippen molar-refractivity contribution < 1.29 is 23.9 Å². The molecule has 7 nitrogen and oxygen atoms in total.